The average molecular weight is 320 g/mol. The number of nitrogens with zero attached hydrogens (tertiary/aromatic N) is 2. The summed E-state index contributed by atoms with van der Waals surface area (Å²) < 4.78 is 27.4. The number of likely N-dealkylation sites (tertiary alicyclic amines) is 1. The molecule has 0 aromatic heterocycles. The number of rotatable bonds is 4. The minimum absolute atomic E-state index is 0.00822. The fourth-order valence-electron chi connectivity index (χ4n) is 3.91. The van der Waals surface area contributed by atoms with Crippen molar-refractivity contribution in [2.75, 3.05) is 26.2 Å². The zero-order chi connectivity index (χ0) is 15.6. The molecule has 120 valence electrons. The number of sulfonamides is 1. The van der Waals surface area contributed by atoms with E-state index in [2.05, 4.69) is 11.5 Å². The predicted molar refractivity (Wildman–Crippen MR) is 88.2 cm³/mol. The Balaban J connectivity index is 1.86. The Morgan fingerprint density at radius 3 is 2.50 bits per heavy atom. The highest BCUT2D eigenvalue weighted by Crippen LogP contribution is 2.38. The highest BCUT2D eigenvalue weighted by Gasteiger charge is 2.45. The maximum absolute atomic E-state index is 12.9. The van der Waals surface area contributed by atoms with Crippen LogP contribution in [0, 0.1) is 0 Å². The van der Waals surface area contributed by atoms with Gasteiger partial charge < -0.3 is 0 Å². The number of benzene rings is 1. The molecule has 1 spiro atoms. The second-order valence-electron chi connectivity index (χ2n) is 6.32. The van der Waals surface area contributed by atoms with E-state index in [9.17, 15) is 8.42 Å². The smallest absolute Gasteiger partial charge is 0.243 e. The van der Waals surface area contributed by atoms with Crippen LogP contribution in [0.3, 0.4) is 0 Å². The van der Waals surface area contributed by atoms with E-state index in [0.717, 1.165) is 38.8 Å². The van der Waals surface area contributed by atoms with Crippen LogP contribution in [0.1, 0.15) is 25.7 Å². The summed E-state index contributed by atoms with van der Waals surface area (Å²) >= 11 is 0. The molecule has 4 nitrogen and oxygen atoms in total. The fraction of sp³-hybridized carbons (Fsp3) is 0.529. The summed E-state index contributed by atoms with van der Waals surface area (Å²) in [5, 5.41) is 0. The minimum Gasteiger partial charge on any atom is -0.293 e. The summed E-state index contributed by atoms with van der Waals surface area (Å²) in [4.78, 5) is 2.83. The molecule has 3 rings (SSSR count). The maximum atomic E-state index is 12.9. The third-order valence-corrected chi connectivity index (χ3v) is 6.85. The van der Waals surface area contributed by atoms with Crippen molar-refractivity contribution in [3.05, 3.63) is 43.0 Å². The summed E-state index contributed by atoms with van der Waals surface area (Å²) in [6, 6.07) is 8.79. The molecule has 0 N–H and O–H groups in total. The normalized spacial score (nSPS) is 27.3. The molecule has 1 aromatic carbocycles. The lowest BCUT2D eigenvalue weighted by atomic mass is 9.87. The molecule has 22 heavy (non-hydrogen) atoms. The second kappa shape index (κ2) is 6.14. The van der Waals surface area contributed by atoms with Gasteiger partial charge in [-0.05, 0) is 44.4 Å². The van der Waals surface area contributed by atoms with E-state index in [1.165, 1.54) is 0 Å². The zero-order valence-electron chi connectivity index (χ0n) is 12.9. The van der Waals surface area contributed by atoms with Crippen molar-refractivity contribution in [1.82, 2.24) is 9.21 Å². The monoisotopic (exact) mass is 320 g/mol. The van der Waals surface area contributed by atoms with Gasteiger partial charge in [-0.1, -0.05) is 24.3 Å². The largest absolute Gasteiger partial charge is 0.293 e. The van der Waals surface area contributed by atoms with Crippen LogP contribution in [-0.4, -0.2) is 49.3 Å². The van der Waals surface area contributed by atoms with Crippen LogP contribution in [0.2, 0.25) is 0 Å². The van der Waals surface area contributed by atoms with Gasteiger partial charge in [-0.3, -0.25) is 4.90 Å². The van der Waals surface area contributed by atoms with Gasteiger partial charge in [0.2, 0.25) is 10.0 Å². The van der Waals surface area contributed by atoms with Gasteiger partial charge in [-0.15, -0.1) is 6.58 Å². The lowest BCUT2D eigenvalue weighted by molar-refractivity contribution is 0.0841. The molecule has 5 heteroatoms. The van der Waals surface area contributed by atoms with E-state index >= 15 is 0 Å². The summed E-state index contributed by atoms with van der Waals surface area (Å²) in [7, 11) is -3.38. The molecule has 0 amide bonds. The second-order valence-corrected chi connectivity index (χ2v) is 8.26. The van der Waals surface area contributed by atoms with Crippen LogP contribution in [0.5, 0.6) is 0 Å². The lowest BCUT2D eigenvalue weighted by Gasteiger charge is -2.45. The lowest BCUT2D eigenvalue weighted by Crippen LogP contribution is -2.56. The molecule has 0 radical (unpaired) electrons. The Bertz CT molecular complexity index is 629. The van der Waals surface area contributed by atoms with Gasteiger partial charge in [-0.2, -0.15) is 4.31 Å². The van der Waals surface area contributed by atoms with Crippen LogP contribution >= 0.6 is 0 Å². The Kier molecular flexibility index (Phi) is 4.39. The van der Waals surface area contributed by atoms with Gasteiger partial charge in [-0.25, -0.2) is 8.42 Å². The first-order valence-corrected chi connectivity index (χ1v) is 9.44. The topological polar surface area (TPSA) is 40.6 Å². The molecule has 0 bridgehead atoms. The quantitative estimate of drug-likeness (QED) is 0.800. The molecular weight excluding hydrogens is 296 g/mol. The van der Waals surface area contributed by atoms with Crippen molar-refractivity contribution in [3.63, 3.8) is 0 Å². The Hall–Kier alpha value is -1.17. The molecule has 0 saturated carbocycles. The summed E-state index contributed by atoms with van der Waals surface area (Å²) in [5.74, 6) is 0. The number of hydrogen-bond acceptors (Lipinski definition) is 3. The van der Waals surface area contributed by atoms with Gasteiger partial charge in [0.05, 0.1) is 4.90 Å². The average Bonchev–Trinajstić information content (AvgIpc) is 2.91. The van der Waals surface area contributed by atoms with Gasteiger partial charge in [0.15, 0.2) is 0 Å². The highest BCUT2D eigenvalue weighted by atomic mass is 32.2. The van der Waals surface area contributed by atoms with Crippen molar-refractivity contribution in [2.45, 2.75) is 36.1 Å². The van der Waals surface area contributed by atoms with Crippen molar-refractivity contribution in [1.29, 1.82) is 0 Å². The molecule has 0 aliphatic carbocycles. The van der Waals surface area contributed by atoms with Crippen LogP contribution in [0.25, 0.3) is 0 Å². The summed E-state index contributed by atoms with van der Waals surface area (Å²) in [6.45, 7) is 6.97. The van der Waals surface area contributed by atoms with E-state index in [-0.39, 0.29) is 5.54 Å². The van der Waals surface area contributed by atoms with Crippen LogP contribution in [0.4, 0.5) is 0 Å². The van der Waals surface area contributed by atoms with Crippen molar-refractivity contribution in [2.24, 2.45) is 0 Å². The molecule has 0 unspecified atom stereocenters. The molecular formula is C17H24N2O2S. The molecule has 2 aliphatic rings. The predicted octanol–water partition coefficient (Wildman–Crippen LogP) is 2.49. The zero-order valence-corrected chi connectivity index (χ0v) is 13.8. The Labute approximate surface area is 133 Å². The van der Waals surface area contributed by atoms with Gasteiger partial charge >= 0.3 is 0 Å². The minimum atomic E-state index is -3.38. The Morgan fingerprint density at radius 1 is 1.14 bits per heavy atom. The summed E-state index contributed by atoms with van der Waals surface area (Å²) in [5.41, 5.74) is 0.00822. The molecule has 2 fully saturated rings. The number of piperidine rings is 1. The van der Waals surface area contributed by atoms with Crippen molar-refractivity contribution >= 4 is 10.0 Å². The van der Waals surface area contributed by atoms with Crippen molar-refractivity contribution in [3.8, 4) is 0 Å². The first kappa shape index (κ1) is 15.7. The molecule has 2 aliphatic heterocycles. The van der Waals surface area contributed by atoms with Crippen LogP contribution in [-0.2, 0) is 10.0 Å². The fourth-order valence-corrected chi connectivity index (χ4v) is 5.49. The first-order valence-electron chi connectivity index (χ1n) is 8.00. The third-order valence-electron chi connectivity index (χ3n) is 4.99. The standard InChI is InChI=1S/C17H24N2O2S/c1-2-12-18-13-6-10-17(18)11-7-14-19(15-17)22(20,21)16-8-4-3-5-9-16/h2-5,8-9H,1,6-7,10-15H2/t17-/m1/s1. The van der Waals surface area contributed by atoms with Crippen LogP contribution < -0.4 is 0 Å². The van der Waals surface area contributed by atoms with E-state index in [1.54, 1.807) is 28.6 Å². The molecule has 1 atom stereocenters. The Morgan fingerprint density at radius 2 is 1.82 bits per heavy atom. The van der Waals surface area contributed by atoms with E-state index in [0.29, 0.717) is 18.0 Å². The van der Waals surface area contributed by atoms with E-state index in [4.69, 9.17) is 0 Å². The van der Waals surface area contributed by atoms with Crippen LogP contribution in [0.15, 0.2) is 47.9 Å². The third kappa shape index (κ3) is 2.73. The number of hydrogen-bond donors (Lipinski definition) is 0. The van der Waals surface area contributed by atoms with E-state index < -0.39 is 10.0 Å². The van der Waals surface area contributed by atoms with Crippen molar-refractivity contribution < 1.29 is 8.42 Å². The first-order chi connectivity index (χ1) is 10.6. The molecule has 2 saturated heterocycles. The molecule has 2 heterocycles. The van der Waals surface area contributed by atoms with Gasteiger partial charge in [0, 0.05) is 25.2 Å². The van der Waals surface area contributed by atoms with Gasteiger partial charge in [0.25, 0.3) is 0 Å². The highest BCUT2D eigenvalue weighted by molar-refractivity contribution is 7.89. The summed E-state index contributed by atoms with van der Waals surface area (Å²) in [6.07, 6.45) is 6.17. The van der Waals surface area contributed by atoms with Gasteiger partial charge in [0.1, 0.15) is 0 Å². The van der Waals surface area contributed by atoms with E-state index in [1.807, 2.05) is 12.1 Å². The SMILES string of the molecule is C=CCN1CCC[C@]12CCCN(S(=O)(=O)c1ccccc1)C2. The molecule has 1 aromatic rings. The maximum Gasteiger partial charge on any atom is 0.243 e.